The first-order chi connectivity index (χ1) is 11.1. The molecule has 0 spiro atoms. The Kier molecular flexibility index (Phi) is 4.47. The van der Waals surface area contributed by atoms with Crippen LogP contribution in [0.4, 0.5) is 10.2 Å². The number of hydrogen-bond donors (Lipinski definition) is 1. The predicted octanol–water partition coefficient (Wildman–Crippen LogP) is 1.34. The fourth-order valence-corrected chi connectivity index (χ4v) is 2.57. The van der Waals surface area contributed by atoms with Gasteiger partial charge in [0.1, 0.15) is 23.4 Å². The summed E-state index contributed by atoms with van der Waals surface area (Å²) in [7, 11) is 0. The monoisotopic (exact) mass is 316 g/mol. The average molecular weight is 316 g/mol. The highest BCUT2D eigenvalue weighted by atomic mass is 19.1. The number of morpholine rings is 1. The van der Waals surface area contributed by atoms with E-state index in [9.17, 15) is 9.18 Å². The van der Waals surface area contributed by atoms with Crippen LogP contribution in [-0.2, 0) is 16.0 Å². The summed E-state index contributed by atoms with van der Waals surface area (Å²) in [5.41, 5.74) is 6.72. The van der Waals surface area contributed by atoms with E-state index in [4.69, 9.17) is 10.5 Å². The molecular weight excluding hydrogens is 299 g/mol. The van der Waals surface area contributed by atoms with Crippen LogP contribution in [0.1, 0.15) is 17.4 Å². The summed E-state index contributed by atoms with van der Waals surface area (Å²) in [6.07, 6.45) is 2.65. The van der Waals surface area contributed by atoms with E-state index in [1.54, 1.807) is 23.1 Å². The van der Waals surface area contributed by atoms with Crippen LogP contribution in [0.15, 0.2) is 36.7 Å². The number of ether oxygens (including phenoxy) is 1. The third kappa shape index (κ3) is 3.45. The molecule has 1 amide bonds. The number of halogens is 1. The Bertz CT molecular complexity index is 710. The molecule has 7 heteroatoms. The van der Waals surface area contributed by atoms with Crippen LogP contribution in [0.25, 0.3) is 0 Å². The molecular formula is C16H17FN4O2. The summed E-state index contributed by atoms with van der Waals surface area (Å²) in [6.45, 7) is 1.17. The molecule has 120 valence electrons. The van der Waals surface area contributed by atoms with Gasteiger partial charge in [-0.15, -0.1) is 0 Å². The third-order valence-electron chi connectivity index (χ3n) is 3.78. The second-order valence-electron chi connectivity index (χ2n) is 5.29. The molecule has 6 nitrogen and oxygen atoms in total. The van der Waals surface area contributed by atoms with Gasteiger partial charge in [0.2, 0.25) is 5.91 Å². The lowest BCUT2D eigenvalue weighted by Gasteiger charge is -2.33. The van der Waals surface area contributed by atoms with Crippen LogP contribution in [0.3, 0.4) is 0 Å². The number of nitrogens with zero attached hydrogens (tertiary/aromatic N) is 3. The lowest BCUT2D eigenvalue weighted by atomic mass is 10.1. The van der Waals surface area contributed by atoms with Gasteiger partial charge in [-0.25, -0.2) is 9.37 Å². The summed E-state index contributed by atoms with van der Waals surface area (Å²) in [5, 5.41) is 0. The summed E-state index contributed by atoms with van der Waals surface area (Å²) in [6, 6.07) is 6.29. The van der Waals surface area contributed by atoms with Crippen molar-refractivity contribution >= 4 is 11.7 Å². The molecule has 1 aromatic carbocycles. The molecule has 2 heterocycles. The zero-order valence-corrected chi connectivity index (χ0v) is 12.5. The van der Waals surface area contributed by atoms with Crippen LogP contribution in [-0.4, -0.2) is 40.5 Å². The molecule has 1 atom stereocenters. The molecule has 1 fully saturated rings. The molecule has 1 aromatic heterocycles. The van der Waals surface area contributed by atoms with E-state index < -0.39 is 6.10 Å². The van der Waals surface area contributed by atoms with E-state index in [-0.39, 0.29) is 18.1 Å². The highest BCUT2D eigenvalue weighted by Gasteiger charge is 2.28. The number of anilines is 1. The lowest BCUT2D eigenvalue weighted by Crippen LogP contribution is -2.43. The summed E-state index contributed by atoms with van der Waals surface area (Å²) in [4.78, 5) is 22.2. The number of hydrogen-bond acceptors (Lipinski definition) is 5. The zero-order valence-electron chi connectivity index (χ0n) is 12.5. The Hall–Kier alpha value is -2.54. The SMILES string of the molecule is Nc1nccnc1[C@@H]1CN(C(=O)Cc2ccccc2F)CCO1. The standard InChI is InChI=1S/C16H17FN4O2/c17-12-4-2-1-3-11(12)9-14(22)21-7-8-23-13(10-21)15-16(18)20-6-5-19-15/h1-6,13H,7-10H2,(H2,18,20)/t13-/m0/s1. The molecule has 3 rings (SSSR count). The summed E-state index contributed by atoms with van der Waals surface area (Å²) >= 11 is 0. The van der Waals surface area contributed by atoms with Crippen LogP contribution in [0.5, 0.6) is 0 Å². The minimum Gasteiger partial charge on any atom is -0.382 e. The quantitative estimate of drug-likeness (QED) is 0.924. The van der Waals surface area contributed by atoms with Crippen LogP contribution in [0, 0.1) is 5.82 Å². The van der Waals surface area contributed by atoms with E-state index in [1.807, 2.05) is 0 Å². The van der Waals surface area contributed by atoms with Gasteiger partial charge in [-0.3, -0.25) is 9.78 Å². The minimum absolute atomic E-state index is 0.0232. The minimum atomic E-state index is -0.415. The van der Waals surface area contributed by atoms with Crippen LogP contribution in [0.2, 0.25) is 0 Å². The Morgan fingerprint density at radius 3 is 2.91 bits per heavy atom. The van der Waals surface area contributed by atoms with Gasteiger partial charge in [0.05, 0.1) is 19.6 Å². The number of carbonyl (C=O) groups is 1. The maximum absolute atomic E-state index is 13.7. The Labute approximate surface area is 133 Å². The number of nitrogens with two attached hydrogens (primary N) is 1. The van der Waals surface area contributed by atoms with Gasteiger partial charge in [0, 0.05) is 18.9 Å². The van der Waals surface area contributed by atoms with Crippen molar-refractivity contribution in [1.82, 2.24) is 14.9 Å². The van der Waals surface area contributed by atoms with E-state index in [2.05, 4.69) is 9.97 Å². The van der Waals surface area contributed by atoms with E-state index in [0.717, 1.165) is 0 Å². The number of aromatic nitrogens is 2. The van der Waals surface area contributed by atoms with Gasteiger partial charge >= 0.3 is 0 Å². The molecule has 0 radical (unpaired) electrons. The van der Waals surface area contributed by atoms with E-state index >= 15 is 0 Å². The van der Waals surface area contributed by atoms with Crippen molar-refractivity contribution in [2.45, 2.75) is 12.5 Å². The molecule has 2 aromatic rings. The van der Waals surface area contributed by atoms with Gasteiger partial charge in [0.15, 0.2) is 0 Å². The van der Waals surface area contributed by atoms with Gasteiger partial charge in [-0.2, -0.15) is 0 Å². The van der Waals surface area contributed by atoms with Gasteiger partial charge in [0.25, 0.3) is 0 Å². The van der Waals surface area contributed by atoms with Gasteiger partial charge < -0.3 is 15.4 Å². The smallest absolute Gasteiger partial charge is 0.227 e. The van der Waals surface area contributed by atoms with Crippen molar-refractivity contribution < 1.29 is 13.9 Å². The maximum atomic E-state index is 13.7. The van der Waals surface area contributed by atoms with Crippen molar-refractivity contribution in [2.75, 3.05) is 25.4 Å². The summed E-state index contributed by atoms with van der Waals surface area (Å²) < 4.78 is 19.3. The maximum Gasteiger partial charge on any atom is 0.227 e. The molecule has 0 unspecified atom stereocenters. The molecule has 0 saturated carbocycles. The molecule has 1 aliphatic rings. The second kappa shape index (κ2) is 6.70. The normalized spacial score (nSPS) is 18.0. The first-order valence-electron chi connectivity index (χ1n) is 7.34. The van der Waals surface area contributed by atoms with Crippen molar-refractivity contribution in [3.63, 3.8) is 0 Å². The zero-order chi connectivity index (χ0) is 16.2. The first-order valence-corrected chi connectivity index (χ1v) is 7.34. The van der Waals surface area contributed by atoms with Gasteiger partial charge in [-0.05, 0) is 11.6 Å². The fraction of sp³-hybridized carbons (Fsp3) is 0.312. The van der Waals surface area contributed by atoms with Crippen LogP contribution >= 0.6 is 0 Å². The van der Waals surface area contributed by atoms with E-state index in [1.165, 1.54) is 18.5 Å². The average Bonchev–Trinajstić information content (AvgIpc) is 2.57. The molecule has 2 N–H and O–H groups in total. The third-order valence-corrected chi connectivity index (χ3v) is 3.78. The Morgan fingerprint density at radius 2 is 2.13 bits per heavy atom. The molecule has 23 heavy (non-hydrogen) atoms. The lowest BCUT2D eigenvalue weighted by molar-refractivity contribution is -0.138. The van der Waals surface area contributed by atoms with Crippen molar-refractivity contribution in [2.24, 2.45) is 0 Å². The van der Waals surface area contributed by atoms with Crippen LogP contribution < -0.4 is 5.73 Å². The van der Waals surface area contributed by atoms with Crippen molar-refractivity contribution in [1.29, 1.82) is 0 Å². The Morgan fingerprint density at radius 1 is 1.35 bits per heavy atom. The van der Waals surface area contributed by atoms with E-state index in [0.29, 0.717) is 36.8 Å². The number of nitrogen functional groups attached to an aromatic ring is 1. The number of amides is 1. The number of benzene rings is 1. The number of rotatable bonds is 3. The summed E-state index contributed by atoms with van der Waals surface area (Å²) in [5.74, 6) is -0.226. The van der Waals surface area contributed by atoms with Crippen molar-refractivity contribution in [3.05, 3.63) is 53.7 Å². The first kappa shape index (κ1) is 15.4. The fourth-order valence-electron chi connectivity index (χ4n) is 2.57. The largest absolute Gasteiger partial charge is 0.382 e. The van der Waals surface area contributed by atoms with Gasteiger partial charge in [-0.1, -0.05) is 18.2 Å². The molecule has 0 aliphatic carbocycles. The molecule has 1 saturated heterocycles. The topological polar surface area (TPSA) is 81.3 Å². The second-order valence-corrected chi connectivity index (χ2v) is 5.29. The molecule has 1 aliphatic heterocycles. The highest BCUT2D eigenvalue weighted by molar-refractivity contribution is 5.79. The highest BCUT2D eigenvalue weighted by Crippen LogP contribution is 2.24. The Balaban J connectivity index is 1.70. The molecule has 0 bridgehead atoms. The predicted molar refractivity (Wildman–Crippen MR) is 81.8 cm³/mol. The number of carbonyl (C=O) groups excluding carboxylic acids is 1. The van der Waals surface area contributed by atoms with Crippen molar-refractivity contribution in [3.8, 4) is 0 Å².